The molecule has 0 radical (unpaired) electrons. The van der Waals surface area contributed by atoms with Crippen LogP contribution in [-0.4, -0.2) is 25.5 Å². The summed E-state index contributed by atoms with van der Waals surface area (Å²) in [6.45, 7) is 0.329. The summed E-state index contributed by atoms with van der Waals surface area (Å²) in [7, 11) is -3.59. The highest BCUT2D eigenvalue weighted by molar-refractivity contribution is 7.89. The van der Waals surface area contributed by atoms with Crippen molar-refractivity contribution in [1.82, 2.24) is 9.71 Å². The van der Waals surface area contributed by atoms with Crippen LogP contribution in [0.4, 0.5) is 0 Å². The number of benzene rings is 1. The van der Waals surface area contributed by atoms with Gasteiger partial charge in [0.2, 0.25) is 10.0 Å². The standard InChI is InChI=1S/C14H17N3O2S/c15-10-14(7-3-8-14)17-20(18,19)13-6-1-5-12-11(13)4-2-9-16-12/h1-2,4-6,9,17H,3,7-8,10,15H2. The molecule has 2 aromatic rings. The molecule has 0 aliphatic heterocycles. The van der Waals surface area contributed by atoms with Gasteiger partial charge in [-0.3, -0.25) is 4.98 Å². The van der Waals surface area contributed by atoms with E-state index >= 15 is 0 Å². The highest BCUT2D eigenvalue weighted by Gasteiger charge is 2.39. The minimum Gasteiger partial charge on any atom is -0.329 e. The lowest BCUT2D eigenvalue weighted by atomic mass is 9.78. The van der Waals surface area contributed by atoms with E-state index in [4.69, 9.17) is 5.73 Å². The largest absolute Gasteiger partial charge is 0.329 e. The van der Waals surface area contributed by atoms with Gasteiger partial charge < -0.3 is 5.73 Å². The lowest BCUT2D eigenvalue weighted by molar-refractivity contribution is 0.231. The third kappa shape index (κ3) is 2.19. The van der Waals surface area contributed by atoms with Crippen LogP contribution in [0.3, 0.4) is 0 Å². The number of pyridine rings is 1. The third-order valence-electron chi connectivity index (χ3n) is 3.95. The minimum atomic E-state index is -3.59. The number of nitrogens with zero attached hydrogens (tertiary/aromatic N) is 1. The quantitative estimate of drug-likeness (QED) is 0.891. The van der Waals surface area contributed by atoms with Crippen molar-refractivity contribution >= 4 is 20.9 Å². The molecule has 1 aromatic heterocycles. The first-order valence-electron chi connectivity index (χ1n) is 6.64. The normalized spacial score (nSPS) is 17.9. The van der Waals surface area contributed by atoms with Gasteiger partial charge in [0.05, 0.1) is 10.4 Å². The van der Waals surface area contributed by atoms with E-state index in [1.807, 2.05) is 0 Å². The zero-order chi connectivity index (χ0) is 14.2. The second-order valence-corrected chi connectivity index (χ2v) is 6.92. The number of hydrogen-bond donors (Lipinski definition) is 2. The highest BCUT2D eigenvalue weighted by atomic mass is 32.2. The molecule has 0 bridgehead atoms. The number of fused-ring (bicyclic) bond motifs is 1. The van der Waals surface area contributed by atoms with Crippen molar-refractivity contribution in [2.75, 3.05) is 6.54 Å². The summed E-state index contributed by atoms with van der Waals surface area (Å²) in [6, 6.07) is 8.63. The molecule has 1 saturated carbocycles. The Labute approximate surface area is 118 Å². The van der Waals surface area contributed by atoms with Crippen LogP contribution >= 0.6 is 0 Å². The second-order valence-electron chi connectivity index (χ2n) is 5.27. The summed E-state index contributed by atoms with van der Waals surface area (Å²) in [5, 5.41) is 0.633. The molecule has 1 aromatic carbocycles. The first-order chi connectivity index (χ1) is 9.56. The minimum absolute atomic E-state index is 0.267. The lowest BCUT2D eigenvalue weighted by Gasteiger charge is -2.41. The number of nitrogens with one attached hydrogen (secondary N) is 1. The van der Waals surface area contributed by atoms with E-state index in [0.29, 0.717) is 17.4 Å². The summed E-state index contributed by atoms with van der Waals surface area (Å²) < 4.78 is 28.0. The molecule has 1 fully saturated rings. The van der Waals surface area contributed by atoms with Crippen LogP contribution in [0.25, 0.3) is 10.9 Å². The molecule has 5 nitrogen and oxygen atoms in total. The van der Waals surface area contributed by atoms with Gasteiger partial charge in [-0.05, 0) is 43.5 Å². The lowest BCUT2D eigenvalue weighted by Crippen LogP contribution is -2.58. The first-order valence-corrected chi connectivity index (χ1v) is 8.12. The zero-order valence-corrected chi connectivity index (χ0v) is 11.9. The maximum Gasteiger partial charge on any atom is 0.241 e. The number of hydrogen-bond acceptors (Lipinski definition) is 4. The van der Waals surface area contributed by atoms with Crippen molar-refractivity contribution in [3.8, 4) is 0 Å². The molecule has 1 aliphatic carbocycles. The van der Waals surface area contributed by atoms with E-state index in [0.717, 1.165) is 19.3 Å². The molecular weight excluding hydrogens is 274 g/mol. The van der Waals surface area contributed by atoms with E-state index < -0.39 is 15.6 Å². The molecule has 3 rings (SSSR count). The van der Waals surface area contributed by atoms with E-state index in [1.165, 1.54) is 0 Å². The average molecular weight is 291 g/mol. The molecule has 0 amide bonds. The molecule has 0 unspecified atom stereocenters. The Bertz CT molecular complexity index is 728. The van der Waals surface area contributed by atoms with Crippen LogP contribution in [-0.2, 0) is 10.0 Å². The van der Waals surface area contributed by atoms with Crippen molar-refractivity contribution in [2.45, 2.75) is 29.7 Å². The molecule has 3 N–H and O–H groups in total. The van der Waals surface area contributed by atoms with Crippen molar-refractivity contribution < 1.29 is 8.42 Å². The first kappa shape index (κ1) is 13.5. The smallest absolute Gasteiger partial charge is 0.241 e. The summed E-state index contributed by atoms with van der Waals surface area (Å²) in [5.41, 5.74) is 5.93. The number of rotatable bonds is 4. The van der Waals surface area contributed by atoms with Gasteiger partial charge in [0.25, 0.3) is 0 Å². The molecule has 0 saturated heterocycles. The average Bonchev–Trinajstić information content (AvgIpc) is 2.42. The fourth-order valence-electron chi connectivity index (χ4n) is 2.60. The molecule has 106 valence electrons. The molecular formula is C14H17N3O2S. The Morgan fingerprint density at radius 2 is 2.05 bits per heavy atom. The van der Waals surface area contributed by atoms with Crippen molar-refractivity contribution in [1.29, 1.82) is 0 Å². The van der Waals surface area contributed by atoms with Gasteiger partial charge in [-0.15, -0.1) is 0 Å². The Kier molecular flexibility index (Phi) is 3.24. The molecule has 20 heavy (non-hydrogen) atoms. The maximum absolute atomic E-state index is 12.6. The molecule has 6 heteroatoms. The predicted octanol–water partition coefficient (Wildman–Crippen LogP) is 1.39. The van der Waals surface area contributed by atoms with E-state index in [-0.39, 0.29) is 4.90 Å². The van der Waals surface area contributed by atoms with Crippen LogP contribution in [0.2, 0.25) is 0 Å². The summed E-state index contributed by atoms with van der Waals surface area (Å²) in [4.78, 5) is 4.46. The van der Waals surface area contributed by atoms with Gasteiger partial charge in [0, 0.05) is 23.7 Å². The van der Waals surface area contributed by atoms with Crippen LogP contribution < -0.4 is 10.5 Å². The molecule has 0 spiro atoms. The van der Waals surface area contributed by atoms with Crippen LogP contribution in [0.5, 0.6) is 0 Å². The van der Waals surface area contributed by atoms with Crippen LogP contribution in [0, 0.1) is 0 Å². The van der Waals surface area contributed by atoms with E-state index in [9.17, 15) is 8.42 Å². The molecule has 1 aliphatic rings. The van der Waals surface area contributed by atoms with Gasteiger partial charge in [-0.25, -0.2) is 13.1 Å². The van der Waals surface area contributed by atoms with Gasteiger partial charge >= 0.3 is 0 Å². The maximum atomic E-state index is 12.6. The summed E-state index contributed by atoms with van der Waals surface area (Å²) >= 11 is 0. The number of aromatic nitrogens is 1. The highest BCUT2D eigenvalue weighted by Crippen LogP contribution is 2.33. The van der Waals surface area contributed by atoms with E-state index in [2.05, 4.69) is 9.71 Å². The Balaban J connectivity index is 2.05. The fourth-order valence-corrected chi connectivity index (χ4v) is 4.29. The number of nitrogens with two attached hydrogens (primary N) is 1. The monoisotopic (exact) mass is 291 g/mol. The van der Waals surface area contributed by atoms with Gasteiger partial charge in [0.1, 0.15) is 0 Å². The van der Waals surface area contributed by atoms with Crippen LogP contribution in [0.1, 0.15) is 19.3 Å². The van der Waals surface area contributed by atoms with Crippen molar-refractivity contribution in [3.05, 3.63) is 36.5 Å². The fraction of sp³-hybridized carbons (Fsp3) is 0.357. The predicted molar refractivity (Wildman–Crippen MR) is 77.7 cm³/mol. The van der Waals surface area contributed by atoms with Gasteiger partial charge in [-0.1, -0.05) is 6.07 Å². The zero-order valence-electron chi connectivity index (χ0n) is 11.0. The Hall–Kier alpha value is -1.50. The molecule has 0 atom stereocenters. The second kappa shape index (κ2) is 4.80. The summed E-state index contributed by atoms with van der Waals surface area (Å²) in [5.74, 6) is 0. The van der Waals surface area contributed by atoms with E-state index in [1.54, 1.807) is 36.5 Å². The Morgan fingerprint density at radius 3 is 2.70 bits per heavy atom. The topological polar surface area (TPSA) is 85.1 Å². The van der Waals surface area contributed by atoms with Crippen LogP contribution in [0.15, 0.2) is 41.4 Å². The number of sulfonamides is 1. The molecule has 1 heterocycles. The Morgan fingerprint density at radius 1 is 1.25 bits per heavy atom. The van der Waals surface area contributed by atoms with Gasteiger partial charge in [0.15, 0.2) is 0 Å². The SMILES string of the molecule is NCC1(NS(=O)(=O)c2cccc3ncccc23)CCC1. The van der Waals surface area contributed by atoms with Crippen molar-refractivity contribution in [2.24, 2.45) is 5.73 Å². The van der Waals surface area contributed by atoms with Crippen molar-refractivity contribution in [3.63, 3.8) is 0 Å². The third-order valence-corrected chi connectivity index (χ3v) is 5.58. The summed E-state index contributed by atoms with van der Waals surface area (Å²) in [6.07, 6.45) is 4.26. The van der Waals surface area contributed by atoms with Gasteiger partial charge in [-0.2, -0.15) is 0 Å².